The molecule has 0 aliphatic carbocycles. The number of esters is 5. The summed E-state index contributed by atoms with van der Waals surface area (Å²) in [5.74, 6) is -0.658. The highest BCUT2D eigenvalue weighted by Crippen LogP contribution is 2.03. The van der Waals surface area contributed by atoms with Gasteiger partial charge in [-0.1, -0.05) is 86.1 Å². The maximum atomic E-state index is 10.8. The third-order valence-corrected chi connectivity index (χ3v) is 6.61. The minimum Gasteiger partial charge on any atom is -0.469 e. The third kappa shape index (κ3) is 61.5. The van der Waals surface area contributed by atoms with E-state index in [9.17, 15) is 24.0 Å². The highest BCUT2D eigenvalue weighted by atomic mass is 79.9. The topological polar surface area (TPSA) is 132 Å². The molecule has 0 bridgehead atoms. The minimum absolute atomic E-state index is 0.0675. The third-order valence-electron chi connectivity index (χ3n) is 4.07. The van der Waals surface area contributed by atoms with Crippen LogP contribution in [0, 0.1) is 0 Å². The maximum Gasteiger partial charge on any atom is 0.316 e. The average molecular weight is 947 g/mol. The van der Waals surface area contributed by atoms with Crippen LogP contribution in [0.3, 0.4) is 0 Å². The Morgan fingerprint density at radius 1 is 0.419 bits per heavy atom. The molecule has 0 aromatic carbocycles. The van der Waals surface area contributed by atoms with Crippen molar-refractivity contribution in [1.29, 1.82) is 0 Å². The molecule has 0 unspecified atom stereocenters. The van der Waals surface area contributed by atoms with Crippen molar-refractivity contribution in [1.82, 2.24) is 0 Å². The van der Waals surface area contributed by atoms with Crippen LogP contribution in [0.4, 0.5) is 0 Å². The lowest BCUT2D eigenvalue weighted by atomic mass is 10.2. The summed E-state index contributed by atoms with van der Waals surface area (Å²) < 4.78 is 22.7. The maximum absolute atomic E-state index is 10.8. The van der Waals surface area contributed by atoms with Crippen LogP contribution in [0.5, 0.6) is 0 Å². The number of unbranched alkanes of at least 4 members (excludes halogenated alkanes) is 3. The number of methoxy groups -OCH3 is 2. The summed E-state index contributed by atoms with van der Waals surface area (Å²) >= 11 is 15.8. The number of carbonyl (C=O) groups is 5. The molecule has 0 rings (SSSR count). The van der Waals surface area contributed by atoms with E-state index in [2.05, 4.69) is 93.9 Å². The summed E-state index contributed by atoms with van der Waals surface area (Å²) in [7, 11) is 2.73. The van der Waals surface area contributed by atoms with Crippen LogP contribution in [0.15, 0.2) is 0 Å². The molecule has 258 valence electrons. The van der Waals surface area contributed by atoms with Gasteiger partial charge in [-0.15, -0.1) is 0 Å². The molecule has 0 saturated heterocycles. The van der Waals surface area contributed by atoms with Crippen LogP contribution in [0.1, 0.15) is 85.0 Å². The zero-order valence-electron chi connectivity index (χ0n) is 26.2. The Kier molecular flexibility index (Phi) is 59.2. The summed E-state index contributed by atoms with van der Waals surface area (Å²) in [5.41, 5.74) is 0. The quantitative estimate of drug-likeness (QED) is 0.0580. The van der Waals surface area contributed by atoms with Crippen molar-refractivity contribution in [3.8, 4) is 0 Å². The van der Waals surface area contributed by atoms with Gasteiger partial charge in [0, 0.05) is 40.6 Å². The molecule has 0 spiro atoms. The summed E-state index contributed by atoms with van der Waals surface area (Å²) in [5, 5.41) is 3.82. The van der Waals surface area contributed by atoms with Gasteiger partial charge in [0.25, 0.3) is 0 Å². The Morgan fingerprint density at radius 2 is 0.767 bits per heavy atom. The number of halogens is 5. The van der Waals surface area contributed by atoms with Crippen molar-refractivity contribution in [3.63, 3.8) is 0 Å². The second-order valence-electron chi connectivity index (χ2n) is 7.58. The molecule has 0 fully saturated rings. The standard InChI is InChI=1S/C8H15BrO2.C7H13BrO2.C6H11BrO2.C4H7BrO2.C3H5BrO2/c1-2-11-8(10)6-4-3-5-7-9;1-2-10-7(9)5-3-4-6-8;1-2-9-6(8)4-3-5-7;1-7-4(6)2-3-5;1-6-3(5)2-4/h2-7H2,1H3;2-6H2,1H3;2-5H2,1H3;2-3H2,1H3;2H2,1H3. The smallest absolute Gasteiger partial charge is 0.316 e. The first-order chi connectivity index (χ1) is 20.5. The van der Waals surface area contributed by atoms with Crippen molar-refractivity contribution in [2.75, 3.05) is 60.7 Å². The largest absolute Gasteiger partial charge is 0.469 e. The fourth-order valence-electron chi connectivity index (χ4n) is 2.05. The Hall–Kier alpha value is -0.250. The summed E-state index contributed by atoms with van der Waals surface area (Å²) in [6.07, 6.45) is 8.12. The predicted octanol–water partition coefficient (Wildman–Crippen LogP) is 7.84. The van der Waals surface area contributed by atoms with Crippen molar-refractivity contribution in [3.05, 3.63) is 0 Å². The van der Waals surface area contributed by atoms with Crippen LogP contribution in [0.2, 0.25) is 0 Å². The van der Waals surface area contributed by atoms with Gasteiger partial charge in [-0.3, -0.25) is 24.0 Å². The number of hydrogen-bond donors (Lipinski definition) is 0. The number of hydrogen-bond acceptors (Lipinski definition) is 10. The molecule has 0 amide bonds. The van der Waals surface area contributed by atoms with E-state index < -0.39 is 0 Å². The Bertz CT molecular complexity index is 635. The predicted molar refractivity (Wildman–Crippen MR) is 189 cm³/mol. The zero-order chi connectivity index (χ0) is 34.2. The van der Waals surface area contributed by atoms with Crippen molar-refractivity contribution < 1.29 is 47.7 Å². The monoisotopic (exact) mass is 942 g/mol. The summed E-state index contributed by atoms with van der Waals surface area (Å²) in [6.45, 7) is 6.94. The Balaban J connectivity index is -0.000000142. The molecular formula is C28H51Br5O10. The molecule has 0 aromatic rings. The first-order valence-electron chi connectivity index (χ1n) is 13.9. The molecule has 0 atom stereocenters. The van der Waals surface area contributed by atoms with E-state index in [1.807, 2.05) is 20.8 Å². The van der Waals surface area contributed by atoms with Gasteiger partial charge in [0.2, 0.25) is 0 Å². The van der Waals surface area contributed by atoms with Crippen LogP contribution in [-0.2, 0) is 47.7 Å². The highest BCUT2D eigenvalue weighted by Gasteiger charge is 2.00. The molecule has 0 heterocycles. The van der Waals surface area contributed by atoms with Gasteiger partial charge in [0.1, 0.15) is 5.33 Å². The molecule has 15 heteroatoms. The number of alkyl halides is 5. The second-order valence-corrected chi connectivity index (χ2v) is 11.3. The lowest BCUT2D eigenvalue weighted by molar-refractivity contribution is -0.144. The number of ether oxygens (including phenoxy) is 5. The second kappa shape index (κ2) is 48.6. The molecule has 0 aromatic heterocycles. The normalized spacial score (nSPS) is 8.98. The molecule has 0 saturated carbocycles. The van der Waals surface area contributed by atoms with E-state index in [0.29, 0.717) is 50.8 Å². The molecular weight excluding hydrogens is 896 g/mol. The number of rotatable bonds is 18. The van der Waals surface area contributed by atoms with Crippen LogP contribution in [-0.4, -0.2) is 90.5 Å². The Labute approximate surface area is 300 Å². The van der Waals surface area contributed by atoms with Gasteiger partial charge in [-0.05, 0) is 52.9 Å². The SMILES string of the molecule is CCOC(=O)CCCBr.CCOC(=O)CCCCBr.CCOC(=O)CCCCCBr.COC(=O)CBr.COC(=O)CCBr. The molecule has 0 N–H and O–H groups in total. The summed E-state index contributed by atoms with van der Waals surface area (Å²) in [6, 6.07) is 0. The van der Waals surface area contributed by atoms with E-state index >= 15 is 0 Å². The lowest BCUT2D eigenvalue weighted by Gasteiger charge is -1.99. The van der Waals surface area contributed by atoms with E-state index in [1.165, 1.54) is 14.2 Å². The first-order valence-corrected chi connectivity index (χ1v) is 19.6. The molecule has 0 aliphatic heterocycles. The van der Waals surface area contributed by atoms with E-state index in [4.69, 9.17) is 9.47 Å². The van der Waals surface area contributed by atoms with Crippen molar-refractivity contribution in [2.45, 2.75) is 85.0 Å². The molecule has 43 heavy (non-hydrogen) atoms. The first kappa shape index (κ1) is 52.3. The lowest BCUT2D eigenvalue weighted by Crippen LogP contribution is -2.03. The molecule has 0 radical (unpaired) electrons. The highest BCUT2D eigenvalue weighted by molar-refractivity contribution is 9.10. The molecule has 10 nitrogen and oxygen atoms in total. The van der Waals surface area contributed by atoms with Gasteiger partial charge in [-0.2, -0.15) is 0 Å². The summed E-state index contributed by atoms with van der Waals surface area (Å²) in [4.78, 5) is 52.1. The zero-order valence-corrected chi connectivity index (χ0v) is 34.1. The number of carbonyl (C=O) groups excluding carboxylic acids is 5. The van der Waals surface area contributed by atoms with Gasteiger partial charge in [0.05, 0.1) is 40.5 Å². The van der Waals surface area contributed by atoms with Gasteiger partial charge in [-0.25, -0.2) is 0 Å². The van der Waals surface area contributed by atoms with Crippen LogP contribution in [0.25, 0.3) is 0 Å². The fraction of sp³-hybridized carbons (Fsp3) is 0.821. The van der Waals surface area contributed by atoms with E-state index in [-0.39, 0.29) is 35.2 Å². The van der Waals surface area contributed by atoms with Crippen molar-refractivity contribution >= 4 is 109 Å². The van der Waals surface area contributed by atoms with Crippen LogP contribution < -0.4 is 0 Å². The van der Waals surface area contributed by atoms with Crippen molar-refractivity contribution in [2.24, 2.45) is 0 Å². The van der Waals surface area contributed by atoms with Gasteiger partial charge >= 0.3 is 29.8 Å². The van der Waals surface area contributed by atoms with E-state index in [1.54, 1.807) is 0 Å². The van der Waals surface area contributed by atoms with E-state index in [0.717, 1.165) is 54.5 Å². The average Bonchev–Trinajstić information content (AvgIpc) is 3.00. The minimum atomic E-state index is -0.241. The van der Waals surface area contributed by atoms with Gasteiger partial charge in [0.15, 0.2) is 0 Å². The van der Waals surface area contributed by atoms with Gasteiger partial charge < -0.3 is 23.7 Å². The molecule has 0 aliphatic rings. The van der Waals surface area contributed by atoms with Crippen LogP contribution >= 0.6 is 79.6 Å². The fourth-order valence-corrected chi connectivity index (χ4v) is 3.67. The Morgan fingerprint density at radius 3 is 1.02 bits per heavy atom.